The van der Waals surface area contributed by atoms with Gasteiger partial charge in [-0.25, -0.2) is 0 Å². The van der Waals surface area contributed by atoms with Crippen LogP contribution in [-0.4, -0.2) is 34.8 Å². The Bertz CT molecular complexity index is 929. The molecule has 9 heteroatoms. The number of carbonyl (C=O) groups is 2. The third-order valence-corrected chi connectivity index (χ3v) is 3.52. The van der Waals surface area contributed by atoms with Gasteiger partial charge in [0.1, 0.15) is 11.2 Å². The molecular formula is C16H14N4O5. The normalized spacial score (nSPS) is 10.6. The summed E-state index contributed by atoms with van der Waals surface area (Å²) in [5, 5.41) is 16.8. The van der Waals surface area contributed by atoms with Crippen LogP contribution in [0.25, 0.3) is 10.9 Å². The van der Waals surface area contributed by atoms with Crippen molar-refractivity contribution in [2.75, 3.05) is 13.1 Å². The lowest BCUT2D eigenvalue weighted by atomic mass is 10.2. The second-order valence-electron chi connectivity index (χ2n) is 5.17. The summed E-state index contributed by atoms with van der Waals surface area (Å²) >= 11 is 0. The Kier molecular flexibility index (Phi) is 4.46. The molecule has 0 unspecified atom stereocenters. The number of nitro benzene ring substituents is 1. The van der Waals surface area contributed by atoms with E-state index in [0.29, 0.717) is 10.9 Å². The monoisotopic (exact) mass is 342 g/mol. The predicted octanol–water partition coefficient (Wildman–Crippen LogP) is 1.83. The van der Waals surface area contributed by atoms with Crippen molar-refractivity contribution in [3.8, 4) is 0 Å². The smallest absolute Gasteiger partial charge is 0.293 e. The van der Waals surface area contributed by atoms with Gasteiger partial charge >= 0.3 is 0 Å². The number of rotatable bonds is 6. The largest absolute Gasteiger partial charge is 0.459 e. The summed E-state index contributed by atoms with van der Waals surface area (Å²) in [7, 11) is 0. The van der Waals surface area contributed by atoms with Crippen LogP contribution in [0, 0.1) is 10.1 Å². The molecule has 0 bridgehead atoms. The Hall–Kier alpha value is -3.62. The van der Waals surface area contributed by atoms with Crippen molar-refractivity contribution in [1.82, 2.24) is 15.6 Å². The standard InChI is InChI=1S/C16H14N4O5/c21-15(17-6-7-18-16(22)13-5-2-8-25-13)11-9-10-3-1-4-12(20(23)24)14(10)19-11/h1-5,8-9,19H,6-7H2,(H,17,21)(H,18,22). The van der Waals surface area contributed by atoms with Crippen LogP contribution in [0.3, 0.4) is 0 Å². The molecule has 3 rings (SSSR count). The van der Waals surface area contributed by atoms with Crippen LogP contribution in [0.5, 0.6) is 0 Å². The summed E-state index contributed by atoms with van der Waals surface area (Å²) in [4.78, 5) is 37.0. The number of furan rings is 1. The highest BCUT2D eigenvalue weighted by molar-refractivity contribution is 6.00. The van der Waals surface area contributed by atoms with Crippen LogP contribution >= 0.6 is 0 Å². The summed E-state index contributed by atoms with van der Waals surface area (Å²) in [5.74, 6) is -0.604. The number of nitrogens with zero attached hydrogens (tertiary/aromatic N) is 1. The molecule has 0 spiro atoms. The van der Waals surface area contributed by atoms with E-state index in [1.54, 1.807) is 24.3 Å². The molecule has 1 aromatic carbocycles. The molecule has 0 fully saturated rings. The Morgan fingerprint density at radius 3 is 2.56 bits per heavy atom. The number of hydrogen-bond acceptors (Lipinski definition) is 5. The van der Waals surface area contributed by atoms with Crippen LogP contribution < -0.4 is 10.6 Å². The molecule has 128 valence electrons. The van der Waals surface area contributed by atoms with E-state index in [-0.39, 0.29) is 36.1 Å². The fraction of sp³-hybridized carbons (Fsp3) is 0.125. The number of aromatic amines is 1. The van der Waals surface area contributed by atoms with E-state index < -0.39 is 10.8 Å². The van der Waals surface area contributed by atoms with E-state index >= 15 is 0 Å². The van der Waals surface area contributed by atoms with E-state index in [4.69, 9.17) is 4.42 Å². The van der Waals surface area contributed by atoms with Gasteiger partial charge in [0.25, 0.3) is 17.5 Å². The van der Waals surface area contributed by atoms with E-state index in [1.165, 1.54) is 18.4 Å². The van der Waals surface area contributed by atoms with Crippen LogP contribution in [0.4, 0.5) is 5.69 Å². The lowest BCUT2D eigenvalue weighted by molar-refractivity contribution is -0.383. The van der Waals surface area contributed by atoms with Gasteiger partial charge in [0.15, 0.2) is 5.76 Å². The van der Waals surface area contributed by atoms with Crippen LogP contribution in [-0.2, 0) is 0 Å². The number of hydrogen-bond donors (Lipinski definition) is 3. The fourth-order valence-electron chi connectivity index (χ4n) is 2.36. The molecule has 2 amide bonds. The third-order valence-electron chi connectivity index (χ3n) is 3.52. The molecule has 0 saturated carbocycles. The summed E-state index contributed by atoms with van der Waals surface area (Å²) < 4.78 is 4.95. The molecule has 0 aliphatic heterocycles. The zero-order valence-corrected chi connectivity index (χ0v) is 12.9. The number of non-ortho nitro benzene ring substituents is 1. The highest BCUT2D eigenvalue weighted by Crippen LogP contribution is 2.25. The molecular weight excluding hydrogens is 328 g/mol. The number of H-pyrrole nitrogens is 1. The summed E-state index contributed by atoms with van der Waals surface area (Å²) in [6.45, 7) is 0.411. The maximum atomic E-state index is 12.1. The molecule has 2 heterocycles. The van der Waals surface area contributed by atoms with Crippen molar-refractivity contribution < 1.29 is 18.9 Å². The number of nitro groups is 1. The molecule has 2 aromatic heterocycles. The third kappa shape index (κ3) is 3.50. The fourth-order valence-corrected chi connectivity index (χ4v) is 2.36. The summed E-state index contributed by atoms with van der Waals surface area (Å²) in [5.41, 5.74) is 0.410. The Morgan fingerprint density at radius 2 is 1.88 bits per heavy atom. The van der Waals surface area contributed by atoms with Gasteiger partial charge < -0.3 is 20.0 Å². The first-order chi connectivity index (χ1) is 12.1. The van der Waals surface area contributed by atoms with Gasteiger partial charge in [0.05, 0.1) is 11.2 Å². The van der Waals surface area contributed by atoms with Crippen molar-refractivity contribution >= 4 is 28.4 Å². The number of amides is 2. The van der Waals surface area contributed by atoms with Crippen molar-refractivity contribution in [2.45, 2.75) is 0 Å². The molecule has 25 heavy (non-hydrogen) atoms. The quantitative estimate of drug-likeness (QED) is 0.357. The molecule has 0 saturated heterocycles. The number of carbonyl (C=O) groups excluding carboxylic acids is 2. The molecule has 0 radical (unpaired) electrons. The molecule has 9 nitrogen and oxygen atoms in total. The number of para-hydroxylation sites is 1. The number of fused-ring (bicyclic) bond motifs is 1. The highest BCUT2D eigenvalue weighted by Gasteiger charge is 2.16. The zero-order chi connectivity index (χ0) is 17.8. The Labute approximate surface area is 141 Å². The van der Waals surface area contributed by atoms with Crippen LogP contribution in [0.1, 0.15) is 21.0 Å². The first kappa shape index (κ1) is 16.2. The minimum absolute atomic E-state index is 0.0951. The number of aromatic nitrogens is 1. The summed E-state index contributed by atoms with van der Waals surface area (Å²) in [6.07, 6.45) is 1.39. The van der Waals surface area contributed by atoms with Crippen molar-refractivity contribution in [3.05, 3.63) is 64.2 Å². The number of nitrogens with one attached hydrogen (secondary N) is 3. The van der Waals surface area contributed by atoms with Crippen LogP contribution in [0.2, 0.25) is 0 Å². The minimum Gasteiger partial charge on any atom is -0.459 e. The second kappa shape index (κ2) is 6.87. The first-order valence-corrected chi connectivity index (χ1v) is 7.42. The minimum atomic E-state index is -0.509. The molecule has 0 atom stereocenters. The van der Waals surface area contributed by atoms with Gasteiger partial charge in [0.2, 0.25) is 0 Å². The lowest BCUT2D eigenvalue weighted by Gasteiger charge is -2.05. The van der Waals surface area contributed by atoms with E-state index in [1.807, 2.05) is 0 Å². The van der Waals surface area contributed by atoms with Gasteiger partial charge in [-0.15, -0.1) is 0 Å². The Morgan fingerprint density at radius 1 is 1.12 bits per heavy atom. The maximum absolute atomic E-state index is 12.1. The molecule has 3 N–H and O–H groups in total. The van der Waals surface area contributed by atoms with E-state index in [0.717, 1.165) is 0 Å². The van der Waals surface area contributed by atoms with Gasteiger partial charge in [0, 0.05) is 24.5 Å². The van der Waals surface area contributed by atoms with Crippen LogP contribution in [0.15, 0.2) is 47.1 Å². The van der Waals surface area contributed by atoms with E-state index in [9.17, 15) is 19.7 Å². The van der Waals surface area contributed by atoms with Gasteiger partial charge in [-0.05, 0) is 18.2 Å². The van der Waals surface area contributed by atoms with E-state index in [2.05, 4.69) is 15.6 Å². The number of benzene rings is 1. The van der Waals surface area contributed by atoms with Gasteiger partial charge in [-0.2, -0.15) is 0 Å². The summed E-state index contributed by atoms with van der Waals surface area (Å²) in [6, 6.07) is 9.28. The average Bonchev–Trinajstić information content (AvgIpc) is 3.26. The average molecular weight is 342 g/mol. The molecule has 3 aromatic rings. The van der Waals surface area contributed by atoms with Crippen molar-refractivity contribution in [3.63, 3.8) is 0 Å². The second-order valence-corrected chi connectivity index (χ2v) is 5.17. The lowest BCUT2D eigenvalue weighted by Crippen LogP contribution is -2.34. The first-order valence-electron chi connectivity index (χ1n) is 7.42. The molecule has 0 aliphatic carbocycles. The van der Waals surface area contributed by atoms with Gasteiger partial charge in [-0.3, -0.25) is 19.7 Å². The zero-order valence-electron chi connectivity index (χ0n) is 12.9. The Balaban J connectivity index is 1.58. The highest BCUT2D eigenvalue weighted by atomic mass is 16.6. The topological polar surface area (TPSA) is 130 Å². The SMILES string of the molecule is O=C(NCCNC(=O)c1ccco1)c1cc2cccc([N+](=O)[O-])c2[nH]1. The molecule has 0 aliphatic rings. The van der Waals surface area contributed by atoms with Crippen molar-refractivity contribution in [1.29, 1.82) is 0 Å². The predicted molar refractivity (Wildman–Crippen MR) is 88.3 cm³/mol. The van der Waals surface area contributed by atoms with Crippen molar-refractivity contribution in [2.24, 2.45) is 0 Å². The maximum Gasteiger partial charge on any atom is 0.293 e. The van der Waals surface area contributed by atoms with Gasteiger partial charge in [-0.1, -0.05) is 12.1 Å².